The van der Waals surface area contributed by atoms with Crippen LogP contribution in [0.5, 0.6) is 0 Å². The molecule has 0 unspecified atom stereocenters. The van der Waals surface area contributed by atoms with E-state index in [2.05, 4.69) is 206 Å². The van der Waals surface area contributed by atoms with Gasteiger partial charge in [-0.05, 0) is 109 Å². The van der Waals surface area contributed by atoms with Crippen LogP contribution in [0.4, 0.5) is 69.1 Å². The Labute approximate surface area is 675 Å². The molecule has 0 saturated heterocycles. The van der Waals surface area contributed by atoms with Gasteiger partial charge in [0.25, 0.3) is 0 Å². The van der Waals surface area contributed by atoms with E-state index >= 15 is 0 Å². The smallest absolute Gasteiger partial charge is 0.785 e. The minimum Gasteiger partial charge on any atom is -0.785 e. The van der Waals surface area contributed by atoms with Crippen LogP contribution in [-0.2, 0) is 235 Å². The molecule has 0 rings (SSSR count). The standard InChI is InChI=1S/4C12H28N2S2.4BF4.4Cu.4Ni/c4*1-11(2,15)9-13(5)7-8-14(6)10-12(3,4)16;4*2-1(3,4)5;;;;;;;;/h4*15-16H,7-10H2,1-6H3;;;;;;;;;;;;/q;;;;4*-1;2*+1;4*+2;2*+3/p-8. The summed E-state index contributed by atoms with van der Waals surface area (Å²) < 4.78 is 156. The molecule has 0 saturated carbocycles. The van der Waals surface area contributed by atoms with Crippen molar-refractivity contribution in [1.82, 2.24) is 39.2 Å². The molecule has 92 heavy (non-hydrogen) atoms. The van der Waals surface area contributed by atoms with Crippen molar-refractivity contribution in [3.63, 3.8) is 0 Å². The van der Waals surface area contributed by atoms with Gasteiger partial charge in [-0.15, -0.1) is 38.0 Å². The molecule has 0 atom stereocenters. The fourth-order valence-electron chi connectivity index (χ4n) is 7.20. The van der Waals surface area contributed by atoms with Gasteiger partial charge in [-0.25, -0.2) is 0 Å². The van der Waals surface area contributed by atoms with E-state index in [9.17, 15) is 69.1 Å². The van der Waals surface area contributed by atoms with Crippen LogP contribution in [0.3, 0.4) is 0 Å². The Bertz CT molecular complexity index is 1270. The summed E-state index contributed by atoms with van der Waals surface area (Å²) in [4.78, 5) is 18.3. The molecule has 0 amide bonds. The van der Waals surface area contributed by atoms with Crippen LogP contribution in [0.25, 0.3) is 0 Å². The number of rotatable bonds is 28. The first-order valence-electron chi connectivity index (χ1n) is 26.6. The van der Waals surface area contributed by atoms with Crippen LogP contribution in [0, 0.1) is 0 Å². The molecule has 0 aliphatic carbocycles. The first kappa shape index (κ1) is 137. The normalized spacial score (nSPS) is 12.3. The maximum atomic E-state index is 9.75. The molecule has 4 radical (unpaired) electrons. The molecular formula is C48H104B4Cu4F16N8Ni4S8+4. The van der Waals surface area contributed by atoms with Gasteiger partial charge in [0.15, 0.2) is 0 Å². The SMILES string of the molecule is CN(CCN(C)CC(C)(C)[S-])CC(C)(C)[S-].CN(CCN(C)CC(C)(C)[S-])CC(C)(C)[S-].CN(CCN(C)CC(C)(C)[S-])CC(C)(C)[S-].CN(CCN(C)CC(C)(C)[S-])CC(C)(C)[S-].F[B-](F)(F)F.F[B-](F)(F)F.F[B-](F)(F)F.F[B-](F)(F)F.[Cu+2].[Cu+2].[Cu+].[Cu+].[Ni+2].[Ni+2].[Ni+3].[Ni+3]. The number of hydrogen-bond acceptors (Lipinski definition) is 16. The number of hydrogen-bond donors (Lipinski definition) is 0. The summed E-state index contributed by atoms with van der Waals surface area (Å²) in [6.45, 7) is 49.4. The summed E-state index contributed by atoms with van der Waals surface area (Å²) in [5.41, 5.74) is 0. The number of halogens is 16. The maximum Gasteiger partial charge on any atom is 3.00 e. The predicted molar refractivity (Wildman–Crippen MR) is 352 cm³/mol. The average Bonchev–Trinajstić information content (AvgIpc) is 3.07. The van der Waals surface area contributed by atoms with E-state index < -0.39 is 29.0 Å². The van der Waals surface area contributed by atoms with Crippen LogP contribution in [-0.4, -0.2) is 267 Å². The molecule has 44 heteroatoms. The fourth-order valence-corrected chi connectivity index (χ4v) is 8.96. The van der Waals surface area contributed by atoms with E-state index in [0.717, 1.165) is 105 Å². The van der Waals surface area contributed by atoms with Gasteiger partial charge in [0.05, 0.1) is 0 Å². The number of nitrogens with zero attached hydrogens (tertiary/aromatic N) is 8. The third kappa shape index (κ3) is 199. The Balaban J connectivity index is -0.0000000528. The fraction of sp³-hybridized carbons (Fsp3) is 1.00. The molecule has 0 aliphatic heterocycles. The third-order valence-corrected chi connectivity index (χ3v) is 9.69. The zero-order chi connectivity index (χ0) is 69.9. The molecular weight excluding hydrogens is 1780 g/mol. The van der Waals surface area contributed by atoms with E-state index in [-0.39, 0.29) is 172 Å². The van der Waals surface area contributed by atoms with Crippen molar-refractivity contribution in [3.05, 3.63) is 0 Å². The quantitative estimate of drug-likeness (QED) is 0.0422. The largest absolute Gasteiger partial charge is 3.00 e. The van der Waals surface area contributed by atoms with Crippen LogP contribution in [0.15, 0.2) is 0 Å². The molecule has 0 aromatic heterocycles. The summed E-state index contributed by atoms with van der Waals surface area (Å²) in [5, 5.41) is 0. The van der Waals surface area contributed by atoms with Gasteiger partial charge in [0, 0.05) is 52.4 Å². The molecule has 588 valence electrons. The van der Waals surface area contributed by atoms with E-state index in [1.54, 1.807) is 0 Å². The van der Waals surface area contributed by atoms with Crippen molar-refractivity contribution in [2.75, 3.05) is 161 Å². The maximum absolute atomic E-state index is 9.75. The molecule has 8 nitrogen and oxygen atoms in total. The van der Waals surface area contributed by atoms with E-state index in [4.69, 9.17) is 101 Å². The Kier molecular flexibility index (Phi) is 95.1. The molecule has 0 heterocycles. The summed E-state index contributed by atoms with van der Waals surface area (Å²) in [6.07, 6.45) is 0. The van der Waals surface area contributed by atoms with E-state index in [1.807, 2.05) is 0 Å². The summed E-state index contributed by atoms with van der Waals surface area (Å²) in [5.74, 6) is 0. The first-order chi connectivity index (χ1) is 36.0. The van der Waals surface area contributed by atoms with Gasteiger partial charge in [-0.1, -0.05) is 111 Å². The van der Waals surface area contributed by atoms with E-state index in [1.165, 1.54) is 0 Å². The van der Waals surface area contributed by atoms with Crippen LogP contribution >= 0.6 is 0 Å². The zero-order valence-electron chi connectivity index (χ0n) is 57.0. The van der Waals surface area contributed by atoms with Crippen molar-refractivity contribution < 1.29 is 203 Å². The minimum absolute atomic E-state index is 0. The van der Waals surface area contributed by atoms with Gasteiger partial charge in [0.2, 0.25) is 0 Å². The molecule has 0 fully saturated rings. The van der Waals surface area contributed by atoms with Crippen molar-refractivity contribution >= 4 is 130 Å². The molecule has 0 N–H and O–H groups in total. The van der Waals surface area contributed by atoms with Crippen LogP contribution in [0.2, 0.25) is 0 Å². The van der Waals surface area contributed by atoms with Crippen molar-refractivity contribution in [3.8, 4) is 0 Å². The third-order valence-electron chi connectivity index (χ3n) is 8.66. The predicted octanol–water partition coefficient (Wildman–Crippen LogP) is 11.2. The van der Waals surface area contributed by atoms with Crippen molar-refractivity contribution in [1.29, 1.82) is 0 Å². The second-order valence-electron chi connectivity index (χ2n) is 26.0. The Morgan fingerprint density at radius 2 is 0.261 bits per heavy atom. The Hall–Kier alpha value is 5.67. The van der Waals surface area contributed by atoms with Crippen molar-refractivity contribution in [2.45, 2.75) is 149 Å². The first-order valence-corrected chi connectivity index (χ1v) is 29.9. The van der Waals surface area contributed by atoms with Crippen molar-refractivity contribution in [2.24, 2.45) is 0 Å². The summed E-state index contributed by atoms with van der Waals surface area (Å²) in [6, 6.07) is 0. The molecule has 0 spiro atoms. The zero-order valence-corrected chi connectivity index (χ0v) is 71.2. The Morgan fingerprint density at radius 3 is 0.293 bits per heavy atom. The van der Waals surface area contributed by atoms with Gasteiger partial charge in [-0.3, -0.25) is 0 Å². The van der Waals surface area contributed by atoms with Gasteiger partial charge >= 0.3 is 163 Å². The molecule has 0 bridgehead atoms. The average molecular weight is 1890 g/mol. The minimum atomic E-state index is -6.00. The van der Waals surface area contributed by atoms with Crippen LogP contribution < -0.4 is 0 Å². The Morgan fingerprint density at radius 1 is 0.217 bits per heavy atom. The second-order valence-corrected chi connectivity index (χ2v) is 34.8. The summed E-state index contributed by atoms with van der Waals surface area (Å²) in [7, 11) is -6.99. The molecule has 0 aromatic rings. The summed E-state index contributed by atoms with van der Waals surface area (Å²) >= 11 is 42.9. The van der Waals surface area contributed by atoms with Gasteiger partial charge in [-0.2, -0.15) is 0 Å². The molecule has 0 aromatic carbocycles. The van der Waals surface area contributed by atoms with Gasteiger partial charge in [0.1, 0.15) is 0 Å². The van der Waals surface area contributed by atoms with E-state index in [0.29, 0.717) is 0 Å². The van der Waals surface area contributed by atoms with Crippen LogP contribution in [0.1, 0.15) is 111 Å². The van der Waals surface area contributed by atoms with Gasteiger partial charge < -0.3 is 209 Å². The molecule has 0 aliphatic rings. The second kappa shape index (κ2) is 63.9. The monoisotopic (exact) mass is 1880 g/mol. The topological polar surface area (TPSA) is 25.9 Å². The number of likely N-dealkylation sites (N-methyl/N-ethyl adjacent to an activating group) is 8.